The Bertz CT molecular complexity index is 642. The second kappa shape index (κ2) is 7.85. The zero-order valence-corrected chi connectivity index (χ0v) is 14.1. The molecule has 1 aromatic carbocycles. The molecule has 0 aromatic heterocycles. The number of piperidine rings is 1. The fourth-order valence-corrected chi connectivity index (χ4v) is 4.35. The highest BCUT2D eigenvalue weighted by atomic mass is 32.2. The number of nitrogens with zero attached hydrogens (tertiary/aromatic N) is 2. The number of nitro benzene ring substituents is 1. The van der Waals surface area contributed by atoms with Gasteiger partial charge in [-0.2, -0.15) is 0 Å². The van der Waals surface area contributed by atoms with Crippen LogP contribution in [0.3, 0.4) is 0 Å². The van der Waals surface area contributed by atoms with Gasteiger partial charge in [0.15, 0.2) is 0 Å². The molecular weight excluding hydrogens is 318 g/mol. The first-order chi connectivity index (χ1) is 10.9. The highest BCUT2D eigenvalue weighted by Gasteiger charge is 2.22. The van der Waals surface area contributed by atoms with Gasteiger partial charge in [-0.3, -0.25) is 10.1 Å². The van der Waals surface area contributed by atoms with Crippen molar-refractivity contribution < 1.29 is 13.3 Å². The van der Waals surface area contributed by atoms with Crippen LogP contribution < -0.4 is 4.72 Å². The maximum Gasteiger partial charge on any atom is 0.273 e. The van der Waals surface area contributed by atoms with Gasteiger partial charge in [-0.15, -0.1) is 0 Å². The molecule has 0 bridgehead atoms. The van der Waals surface area contributed by atoms with E-state index in [0.717, 1.165) is 25.9 Å². The molecule has 1 aliphatic heterocycles. The van der Waals surface area contributed by atoms with Crippen molar-refractivity contribution in [2.24, 2.45) is 0 Å². The summed E-state index contributed by atoms with van der Waals surface area (Å²) in [5.41, 5.74) is 0.0386. The highest BCUT2D eigenvalue weighted by Crippen LogP contribution is 2.20. The molecule has 0 aliphatic carbocycles. The number of hydrogen-bond acceptors (Lipinski definition) is 5. The fourth-order valence-electron chi connectivity index (χ4n) is 2.93. The maximum absolute atomic E-state index is 12.3. The van der Waals surface area contributed by atoms with E-state index in [1.165, 1.54) is 24.6 Å². The van der Waals surface area contributed by atoms with Gasteiger partial charge in [0.2, 0.25) is 10.0 Å². The lowest BCUT2D eigenvalue weighted by atomic mass is 10.1. The fraction of sp³-hybridized carbons (Fsp3) is 0.600. The molecule has 8 heteroatoms. The number of para-hydroxylation sites is 1. The van der Waals surface area contributed by atoms with E-state index in [-0.39, 0.29) is 23.0 Å². The Hall–Kier alpha value is -1.51. The van der Waals surface area contributed by atoms with Gasteiger partial charge in [0.1, 0.15) is 0 Å². The monoisotopic (exact) mass is 341 g/mol. The van der Waals surface area contributed by atoms with Gasteiger partial charge >= 0.3 is 0 Å². The zero-order valence-electron chi connectivity index (χ0n) is 13.3. The third-order valence-corrected chi connectivity index (χ3v) is 5.35. The molecule has 128 valence electrons. The largest absolute Gasteiger partial charge is 0.302 e. The van der Waals surface area contributed by atoms with E-state index in [1.807, 2.05) is 6.92 Å². The minimum absolute atomic E-state index is 0.165. The van der Waals surface area contributed by atoms with Crippen molar-refractivity contribution in [2.45, 2.75) is 38.0 Å². The van der Waals surface area contributed by atoms with Crippen molar-refractivity contribution in [2.75, 3.05) is 19.6 Å². The minimum Gasteiger partial charge on any atom is -0.302 e. The molecule has 0 amide bonds. The number of nitrogens with one attached hydrogen (secondary N) is 1. The van der Waals surface area contributed by atoms with Gasteiger partial charge in [-0.05, 0) is 32.9 Å². The van der Waals surface area contributed by atoms with Gasteiger partial charge in [-0.1, -0.05) is 24.6 Å². The molecule has 0 unspecified atom stereocenters. The SMILES string of the molecule is C[C@@H](CN1CCCCC1)NS(=O)(=O)Cc1ccccc1[N+](=O)[O-]. The van der Waals surface area contributed by atoms with Crippen LogP contribution in [-0.4, -0.2) is 43.9 Å². The third-order valence-electron chi connectivity index (χ3n) is 3.90. The van der Waals surface area contributed by atoms with Crippen LogP contribution >= 0.6 is 0 Å². The van der Waals surface area contributed by atoms with Crippen molar-refractivity contribution in [3.05, 3.63) is 39.9 Å². The second-order valence-electron chi connectivity index (χ2n) is 6.03. The van der Waals surface area contributed by atoms with Crippen molar-refractivity contribution in [3.8, 4) is 0 Å². The molecule has 1 aliphatic rings. The first kappa shape index (κ1) is 17.8. The molecular formula is C15H23N3O4S. The number of benzene rings is 1. The number of hydrogen-bond donors (Lipinski definition) is 1. The molecule has 7 nitrogen and oxygen atoms in total. The average Bonchev–Trinajstić information content (AvgIpc) is 2.47. The van der Waals surface area contributed by atoms with E-state index in [9.17, 15) is 18.5 Å². The highest BCUT2D eigenvalue weighted by molar-refractivity contribution is 7.88. The molecule has 1 atom stereocenters. The molecule has 0 radical (unpaired) electrons. The van der Waals surface area contributed by atoms with E-state index < -0.39 is 14.9 Å². The first-order valence-corrected chi connectivity index (χ1v) is 9.47. The summed E-state index contributed by atoms with van der Waals surface area (Å²) in [7, 11) is -3.62. The van der Waals surface area contributed by atoms with E-state index in [1.54, 1.807) is 6.07 Å². The summed E-state index contributed by atoms with van der Waals surface area (Å²) < 4.78 is 27.2. The van der Waals surface area contributed by atoms with Gasteiger partial charge in [0.25, 0.3) is 5.69 Å². The van der Waals surface area contributed by atoms with Crippen molar-refractivity contribution >= 4 is 15.7 Å². The van der Waals surface area contributed by atoms with Gasteiger partial charge in [-0.25, -0.2) is 13.1 Å². The summed E-state index contributed by atoms with van der Waals surface area (Å²) >= 11 is 0. The van der Waals surface area contributed by atoms with Crippen LogP contribution in [0.1, 0.15) is 31.7 Å². The van der Waals surface area contributed by atoms with E-state index in [2.05, 4.69) is 9.62 Å². The van der Waals surface area contributed by atoms with E-state index >= 15 is 0 Å². The topological polar surface area (TPSA) is 92.6 Å². The summed E-state index contributed by atoms with van der Waals surface area (Å²) in [4.78, 5) is 12.7. The van der Waals surface area contributed by atoms with E-state index in [0.29, 0.717) is 6.54 Å². The van der Waals surface area contributed by atoms with Crippen LogP contribution in [0.25, 0.3) is 0 Å². The number of likely N-dealkylation sites (tertiary alicyclic amines) is 1. The Morgan fingerprint density at radius 1 is 1.26 bits per heavy atom. The van der Waals surface area contributed by atoms with Crippen molar-refractivity contribution in [1.29, 1.82) is 0 Å². The van der Waals surface area contributed by atoms with Gasteiger partial charge in [0, 0.05) is 24.2 Å². The summed E-state index contributed by atoms with van der Waals surface area (Å²) in [5.74, 6) is -0.380. The summed E-state index contributed by atoms with van der Waals surface area (Å²) in [6.45, 7) is 4.48. The average molecular weight is 341 g/mol. The van der Waals surface area contributed by atoms with Crippen molar-refractivity contribution in [3.63, 3.8) is 0 Å². The Kier molecular flexibility index (Phi) is 6.09. The quantitative estimate of drug-likeness (QED) is 0.604. The Morgan fingerprint density at radius 2 is 1.91 bits per heavy atom. The molecule has 2 rings (SSSR count). The Labute approximate surface area is 136 Å². The maximum atomic E-state index is 12.3. The van der Waals surface area contributed by atoms with Gasteiger partial charge < -0.3 is 4.90 Å². The predicted octanol–water partition coefficient (Wildman–Crippen LogP) is 1.89. The van der Waals surface area contributed by atoms with Crippen LogP contribution in [0.4, 0.5) is 5.69 Å². The first-order valence-electron chi connectivity index (χ1n) is 7.82. The van der Waals surface area contributed by atoms with Crippen LogP contribution in [0.15, 0.2) is 24.3 Å². The lowest BCUT2D eigenvalue weighted by Gasteiger charge is -2.29. The summed E-state index contributed by atoms with van der Waals surface area (Å²) in [6.07, 6.45) is 3.53. The smallest absolute Gasteiger partial charge is 0.273 e. The van der Waals surface area contributed by atoms with Crippen LogP contribution in [0, 0.1) is 10.1 Å². The predicted molar refractivity (Wildman–Crippen MR) is 88.6 cm³/mol. The standard InChI is InChI=1S/C15H23N3O4S/c1-13(11-17-9-5-2-6-10-17)16-23(21,22)12-14-7-3-4-8-15(14)18(19)20/h3-4,7-8,13,16H,2,5-6,9-12H2,1H3/t13-/m0/s1. The van der Waals surface area contributed by atoms with Crippen LogP contribution in [0.5, 0.6) is 0 Å². The second-order valence-corrected chi connectivity index (χ2v) is 7.78. The number of rotatable bonds is 7. The molecule has 23 heavy (non-hydrogen) atoms. The lowest BCUT2D eigenvalue weighted by molar-refractivity contribution is -0.385. The molecule has 0 spiro atoms. The minimum atomic E-state index is -3.62. The van der Waals surface area contributed by atoms with Crippen molar-refractivity contribution in [1.82, 2.24) is 9.62 Å². The molecule has 1 saturated heterocycles. The normalized spacial score (nSPS) is 17.8. The molecule has 1 fully saturated rings. The zero-order chi connectivity index (χ0) is 16.9. The lowest BCUT2D eigenvalue weighted by Crippen LogP contribution is -2.43. The number of sulfonamides is 1. The Morgan fingerprint density at radius 3 is 2.57 bits per heavy atom. The molecule has 1 N–H and O–H groups in total. The summed E-state index contributed by atoms with van der Waals surface area (Å²) in [6, 6.07) is 5.71. The molecule has 1 aromatic rings. The molecule has 0 saturated carbocycles. The van der Waals surface area contributed by atoms with Crippen LogP contribution in [-0.2, 0) is 15.8 Å². The van der Waals surface area contributed by atoms with Gasteiger partial charge in [0.05, 0.1) is 10.7 Å². The van der Waals surface area contributed by atoms with E-state index in [4.69, 9.17) is 0 Å². The molecule has 1 heterocycles. The third kappa shape index (κ3) is 5.56. The number of nitro groups is 1. The summed E-state index contributed by atoms with van der Waals surface area (Å²) in [5, 5.41) is 11.0. The van der Waals surface area contributed by atoms with Crippen LogP contribution in [0.2, 0.25) is 0 Å². The Balaban J connectivity index is 1.97.